The third kappa shape index (κ3) is 6.96. The first-order valence-corrected chi connectivity index (χ1v) is 15.9. The van der Waals surface area contributed by atoms with E-state index >= 15 is 0 Å². The van der Waals surface area contributed by atoms with Crippen LogP contribution >= 0.6 is 0 Å². The van der Waals surface area contributed by atoms with Crippen LogP contribution in [0.25, 0.3) is 22.0 Å². The molecule has 0 spiro atoms. The largest absolute Gasteiger partial charge is 0.369 e. The highest BCUT2D eigenvalue weighted by Crippen LogP contribution is 2.33. The molecule has 1 aliphatic carbocycles. The molecule has 0 bridgehead atoms. The average molecular weight is 600 g/mol. The lowest BCUT2D eigenvalue weighted by atomic mass is 10.0. The molecule has 2 aromatic heterocycles. The Morgan fingerprint density at radius 1 is 1.00 bits per heavy atom. The van der Waals surface area contributed by atoms with Gasteiger partial charge in [-0.25, -0.2) is 4.39 Å². The minimum Gasteiger partial charge on any atom is -0.369 e. The number of aromatic nitrogens is 3. The summed E-state index contributed by atoms with van der Waals surface area (Å²) < 4.78 is 16.3. The summed E-state index contributed by atoms with van der Waals surface area (Å²) in [4.78, 5) is 33.6. The third-order valence-corrected chi connectivity index (χ3v) is 8.87. The van der Waals surface area contributed by atoms with E-state index in [1.807, 2.05) is 28.9 Å². The molecular weight excluding hydrogens is 557 g/mol. The second-order valence-corrected chi connectivity index (χ2v) is 12.0. The molecule has 3 aliphatic rings. The molecule has 2 aromatic carbocycles. The van der Waals surface area contributed by atoms with Crippen molar-refractivity contribution in [2.24, 2.45) is 0 Å². The van der Waals surface area contributed by atoms with Crippen molar-refractivity contribution in [2.45, 2.75) is 51.1 Å². The van der Waals surface area contributed by atoms with Crippen LogP contribution in [-0.2, 0) is 11.3 Å². The first-order valence-electron chi connectivity index (χ1n) is 15.9. The Labute approximate surface area is 258 Å². The van der Waals surface area contributed by atoms with E-state index in [1.165, 1.54) is 18.2 Å². The lowest BCUT2D eigenvalue weighted by molar-refractivity contribution is -0.132. The molecule has 1 saturated carbocycles. The van der Waals surface area contributed by atoms with Gasteiger partial charge in [-0.3, -0.25) is 14.3 Å². The topological polar surface area (TPSA) is 89.5 Å². The minimum atomic E-state index is -0.339. The van der Waals surface area contributed by atoms with Gasteiger partial charge in [0, 0.05) is 88.8 Å². The van der Waals surface area contributed by atoms with Crippen molar-refractivity contribution in [3.63, 3.8) is 0 Å². The van der Waals surface area contributed by atoms with Gasteiger partial charge in [0.05, 0.1) is 5.52 Å². The lowest BCUT2D eigenvalue weighted by Crippen LogP contribution is -2.43. The monoisotopic (exact) mass is 599 g/mol. The van der Waals surface area contributed by atoms with E-state index < -0.39 is 0 Å². The van der Waals surface area contributed by atoms with Gasteiger partial charge in [0.2, 0.25) is 5.91 Å². The number of hydrogen-bond acceptors (Lipinski definition) is 5. The van der Waals surface area contributed by atoms with Crippen molar-refractivity contribution in [2.75, 3.05) is 51.2 Å². The number of carbonyl (C=O) groups excluding carboxylic acids is 2. The molecule has 4 aromatic rings. The summed E-state index contributed by atoms with van der Waals surface area (Å²) in [5.41, 5.74) is 3.98. The number of piperazine rings is 1. The molecule has 9 nitrogen and oxygen atoms in total. The SMILES string of the molecule is CN(C(=O)c1cc2c(-c3ccc(N4CCNCC4)cc3)ccc(F)c2[nH]1)C1CC1.O=C(CCn1cccn1)N1CCCCC1. The van der Waals surface area contributed by atoms with E-state index in [1.54, 1.807) is 23.2 Å². The van der Waals surface area contributed by atoms with Gasteiger partial charge >= 0.3 is 0 Å². The maximum atomic E-state index is 14.5. The average Bonchev–Trinajstić information content (AvgIpc) is 3.59. The molecular formula is C34H42FN7O2. The molecule has 10 heteroatoms. The summed E-state index contributed by atoms with van der Waals surface area (Å²) in [7, 11) is 1.82. The van der Waals surface area contributed by atoms with Crippen molar-refractivity contribution in [1.29, 1.82) is 0 Å². The molecule has 2 N–H and O–H groups in total. The van der Waals surface area contributed by atoms with Crippen molar-refractivity contribution in [1.82, 2.24) is 29.9 Å². The molecule has 0 radical (unpaired) electrons. The number of hydrogen-bond donors (Lipinski definition) is 2. The fourth-order valence-electron chi connectivity index (χ4n) is 6.09. The van der Waals surface area contributed by atoms with Crippen LogP contribution in [0.1, 0.15) is 49.0 Å². The standard InChI is InChI=1S/C23H25FN4O.C11H17N3O/c1-27(16-6-7-16)23(29)21-14-19-18(8-9-20(24)22(19)26-21)15-2-4-17(5-3-15)28-12-10-25-11-13-28;15-11(13-7-2-1-3-8-13)5-10-14-9-4-6-12-14/h2-5,8-9,14,16,25-26H,6-7,10-13H2,1H3;4,6,9H,1-3,5,7-8,10H2. The van der Waals surface area contributed by atoms with E-state index in [9.17, 15) is 14.0 Å². The zero-order chi connectivity index (χ0) is 30.5. The second-order valence-electron chi connectivity index (χ2n) is 12.0. The smallest absolute Gasteiger partial charge is 0.270 e. The van der Waals surface area contributed by atoms with Gasteiger partial charge in [0.25, 0.3) is 5.91 Å². The number of nitrogens with zero attached hydrogens (tertiary/aromatic N) is 5. The van der Waals surface area contributed by atoms with Crippen LogP contribution in [0, 0.1) is 5.82 Å². The second kappa shape index (κ2) is 13.6. The highest BCUT2D eigenvalue weighted by molar-refractivity contribution is 6.03. The van der Waals surface area contributed by atoms with E-state index in [4.69, 9.17) is 0 Å². The highest BCUT2D eigenvalue weighted by Gasteiger charge is 2.31. The van der Waals surface area contributed by atoms with Gasteiger partial charge in [0.1, 0.15) is 11.5 Å². The van der Waals surface area contributed by atoms with E-state index in [-0.39, 0.29) is 17.6 Å². The van der Waals surface area contributed by atoms with Crippen LogP contribution in [0.4, 0.5) is 10.1 Å². The Hall–Kier alpha value is -4.18. The number of likely N-dealkylation sites (tertiary alicyclic amines) is 1. The maximum Gasteiger partial charge on any atom is 0.270 e. The summed E-state index contributed by atoms with van der Waals surface area (Å²) in [5.74, 6) is -0.150. The number of carbonyl (C=O) groups is 2. The normalized spacial score (nSPS) is 16.9. The van der Waals surface area contributed by atoms with Gasteiger partial charge in [-0.05, 0) is 73.6 Å². The Morgan fingerprint density at radius 3 is 2.43 bits per heavy atom. The number of aromatic amines is 1. The van der Waals surface area contributed by atoms with Crippen LogP contribution in [0.2, 0.25) is 0 Å². The van der Waals surface area contributed by atoms with Crippen LogP contribution < -0.4 is 10.2 Å². The summed E-state index contributed by atoms with van der Waals surface area (Å²) in [5, 5.41) is 8.19. The van der Waals surface area contributed by atoms with Crippen LogP contribution in [0.3, 0.4) is 0 Å². The van der Waals surface area contributed by atoms with Crippen LogP contribution in [0.15, 0.2) is 60.9 Å². The summed E-state index contributed by atoms with van der Waals surface area (Å²) in [6.45, 7) is 6.57. The zero-order valence-corrected chi connectivity index (χ0v) is 25.5. The molecule has 2 saturated heterocycles. The van der Waals surface area contributed by atoms with Gasteiger partial charge in [-0.15, -0.1) is 0 Å². The zero-order valence-electron chi connectivity index (χ0n) is 25.5. The minimum absolute atomic E-state index is 0.0805. The Kier molecular flexibility index (Phi) is 9.26. The van der Waals surface area contributed by atoms with Crippen molar-refractivity contribution >= 4 is 28.4 Å². The molecule has 0 atom stereocenters. The van der Waals surface area contributed by atoms with Gasteiger partial charge in [0.15, 0.2) is 0 Å². The number of fused-ring (bicyclic) bond motifs is 1. The van der Waals surface area contributed by atoms with E-state index in [0.29, 0.717) is 30.2 Å². The van der Waals surface area contributed by atoms with Gasteiger partial charge in [-0.1, -0.05) is 18.2 Å². The Morgan fingerprint density at radius 2 is 1.75 bits per heavy atom. The van der Waals surface area contributed by atoms with Gasteiger partial charge in [-0.2, -0.15) is 5.10 Å². The van der Waals surface area contributed by atoms with Crippen LogP contribution in [-0.4, -0.2) is 88.7 Å². The predicted octanol–water partition coefficient (Wildman–Crippen LogP) is 4.90. The first kappa shape index (κ1) is 29.9. The van der Waals surface area contributed by atoms with E-state index in [2.05, 4.69) is 44.6 Å². The van der Waals surface area contributed by atoms with Gasteiger partial charge < -0.3 is 25.0 Å². The molecule has 44 heavy (non-hydrogen) atoms. The molecule has 3 fully saturated rings. The fourth-order valence-corrected chi connectivity index (χ4v) is 6.09. The maximum absolute atomic E-state index is 14.5. The lowest BCUT2D eigenvalue weighted by Gasteiger charge is -2.29. The number of piperidine rings is 1. The molecule has 4 heterocycles. The van der Waals surface area contributed by atoms with Crippen molar-refractivity contribution < 1.29 is 14.0 Å². The number of aryl methyl sites for hydroxylation is 1. The molecule has 2 aliphatic heterocycles. The molecule has 232 valence electrons. The number of halogens is 1. The summed E-state index contributed by atoms with van der Waals surface area (Å²) in [6.07, 6.45) is 9.88. The Bertz CT molecular complexity index is 1550. The molecule has 0 unspecified atom stereocenters. The first-order chi connectivity index (χ1) is 21.5. The predicted molar refractivity (Wildman–Crippen MR) is 171 cm³/mol. The van der Waals surface area contributed by atoms with Crippen LogP contribution in [0.5, 0.6) is 0 Å². The number of anilines is 1. The summed E-state index contributed by atoms with van der Waals surface area (Å²) >= 11 is 0. The van der Waals surface area contributed by atoms with Crippen molar-refractivity contribution in [3.8, 4) is 11.1 Å². The highest BCUT2D eigenvalue weighted by atomic mass is 19.1. The quantitative estimate of drug-likeness (QED) is 0.315. The molecule has 7 rings (SSSR count). The number of nitrogens with one attached hydrogen (secondary N) is 2. The third-order valence-electron chi connectivity index (χ3n) is 8.87. The number of rotatable bonds is 7. The number of H-pyrrole nitrogens is 1. The number of benzene rings is 2. The number of amides is 2. The van der Waals surface area contributed by atoms with E-state index in [0.717, 1.165) is 81.5 Å². The molecule has 2 amide bonds. The fraction of sp³-hybridized carbons (Fsp3) is 0.441. The Balaban J connectivity index is 0.000000193. The summed E-state index contributed by atoms with van der Waals surface area (Å²) in [6, 6.07) is 15.6. The van der Waals surface area contributed by atoms with Crippen molar-refractivity contribution in [3.05, 3.63) is 72.4 Å².